The number of aromatic amines is 1. The highest BCUT2D eigenvalue weighted by Gasteiger charge is 2.24. The number of carbonyl (C=O) groups is 1. The molecule has 1 amide bonds. The van der Waals surface area contributed by atoms with Gasteiger partial charge in [0, 0.05) is 40.8 Å². The molecule has 2 aromatic heterocycles. The van der Waals surface area contributed by atoms with Crippen LogP contribution in [0.2, 0.25) is 0 Å². The second kappa shape index (κ2) is 6.49. The van der Waals surface area contributed by atoms with Crippen molar-refractivity contribution < 1.29 is 13.9 Å². The van der Waals surface area contributed by atoms with Crippen molar-refractivity contribution in [2.24, 2.45) is 0 Å². The van der Waals surface area contributed by atoms with Gasteiger partial charge < -0.3 is 15.0 Å². The van der Waals surface area contributed by atoms with Crippen LogP contribution in [-0.4, -0.2) is 22.5 Å². The van der Waals surface area contributed by atoms with E-state index < -0.39 is 0 Å². The minimum absolute atomic E-state index is 0.263. The fraction of sp³-hybridized carbons (Fsp3) is 0.0909. The molecule has 0 saturated carbocycles. The number of fused-ring (bicyclic) bond motifs is 2. The van der Waals surface area contributed by atoms with E-state index in [-0.39, 0.29) is 11.7 Å². The number of H-pyrrole nitrogens is 1. The number of hydrogen-bond donors (Lipinski definition) is 2. The highest BCUT2D eigenvalue weighted by molar-refractivity contribution is 6.13. The molecule has 28 heavy (non-hydrogen) atoms. The first-order valence-electron chi connectivity index (χ1n) is 8.99. The molecule has 4 aromatic rings. The van der Waals surface area contributed by atoms with Gasteiger partial charge in [-0.25, -0.2) is 9.37 Å². The summed E-state index contributed by atoms with van der Waals surface area (Å²) in [6.07, 6.45) is 4.02. The van der Waals surface area contributed by atoms with Crippen molar-refractivity contribution in [3.63, 3.8) is 0 Å². The van der Waals surface area contributed by atoms with Crippen LogP contribution in [0.5, 0.6) is 5.75 Å². The van der Waals surface area contributed by atoms with Crippen LogP contribution in [0.4, 0.5) is 10.2 Å². The molecule has 5 rings (SSSR count). The largest absolute Gasteiger partial charge is 0.489 e. The Bertz CT molecular complexity index is 1220. The summed E-state index contributed by atoms with van der Waals surface area (Å²) in [5.41, 5.74) is 3.91. The van der Waals surface area contributed by atoms with Gasteiger partial charge in [-0.1, -0.05) is 30.3 Å². The Labute approximate surface area is 160 Å². The van der Waals surface area contributed by atoms with Gasteiger partial charge in [-0.15, -0.1) is 0 Å². The van der Waals surface area contributed by atoms with Crippen LogP contribution in [0, 0.1) is 5.82 Å². The lowest BCUT2D eigenvalue weighted by atomic mass is 10.00. The molecule has 0 radical (unpaired) electrons. The zero-order valence-electron chi connectivity index (χ0n) is 14.8. The molecular weight excluding hydrogens is 357 g/mol. The van der Waals surface area contributed by atoms with Gasteiger partial charge in [-0.2, -0.15) is 0 Å². The van der Waals surface area contributed by atoms with Crippen LogP contribution >= 0.6 is 0 Å². The molecule has 0 aliphatic carbocycles. The number of nitrogens with one attached hydrogen (secondary N) is 2. The highest BCUT2D eigenvalue weighted by Crippen LogP contribution is 2.39. The van der Waals surface area contributed by atoms with Gasteiger partial charge in [0.25, 0.3) is 5.91 Å². The van der Waals surface area contributed by atoms with Crippen molar-refractivity contribution in [1.29, 1.82) is 0 Å². The standard InChI is InChI=1S/C22H16FN3O2/c23-14-5-3-4-13(10-14)17-11-25-21(20-16(17)8-9-28-20)26-22(27)18-12-24-19-7-2-1-6-15(18)19/h1-7,10-12,24H,8-9H2,(H,25,26,27). The van der Waals surface area contributed by atoms with Crippen LogP contribution < -0.4 is 10.1 Å². The monoisotopic (exact) mass is 373 g/mol. The Hall–Kier alpha value is -3.67. The number of amides is 1. The molecule has 3 heterocycles. The molecule has 0 saturated heterocycles. The molecule has 0 atom stereocenters. The molecule has 2 aromatic carbocycles. The maximum absolute atomic E-state index is 13.6. The molecule has 0 fully saturated rings. The minimum atomic E-state index is -0.304. The third kappa shape index (κ3) is 2.70. The number of pyridine rings is 1. The van der Waals surface area contributed by atoms with Crippen molar-refractivity contribution in [2.75, 3.05) is 11.9 Å². The van der Waals surface area contributed by atoms with Gasteiger partial charge >= 0.3 is 0 Å². The zero-order valence-corrected chi connectivity index (χ0v) is 14.8. The normalized spacial score (nSPS) is 12.6. The summed E-state index contributed by atoms with van der Waals surface area (Å²) in [6, 6.07) is 14.0. The fourth-order valence-electron chi connectivity index (χ4n) is 3.62. The van der Waals surface area contributed by atoms with Gasteiger partial charge in [0.15, 0.2) is 11.6 Å². The second-order valence-electron chi connectivity index (χ2n) is 6.64. The van der Waals surface area contributed by atoms with Crippen molar-refractivity contribution in [3.8, 4) is 16.9 Å². The maximum atomic E-state index is 13.6. The smallest absolute Gasteiger partial charge is 0.259 e. The first-order valence-corrected chi connectivity index (χ1v) is 8.99. The molecule has 0 bridgehead atoms. The number of para-hydroxylation sites is 1. The Morgan fingerprint density at radius 3 is 2.96 bits per heavy atom. The molecule has 0 unspecified atom stereocenters. The third-order valence-corrected chi connectivity index (χ3v) is 4.94. The van der Waals surface area contributed by atoms with Crippen LogP contribution in [0.1, 0.15) is 15.9 Å². The number of hydrogen-bond acceptors (Lipinski definition) is 3. The third-order valence-electron chi connectivity index (χ3n) is 4.94. The Morgan fingerprint density at radius 1 is 1.18 bits per heavy atom. The number of rotatable bonds is 3. The van der Waals surface area contributed by atoms with E-state index in [9.17, 15) is 9.18 Å². The van der Waals surface area contributed by atoms with Crippen LogP contribution in [0.15, 0.2) is 60.9 Å². The number of halogens is 1. The summed E-state index contributed by atoms with van der Waals surface area (Å²) in [7, 11) is 0. The van der Waals surface area contributed by atoms with Crippen LogP contribution in [-0.2, 0) is 6.42 Å². The SMILES string of the molecule is O=C(Nc1ncc(-c2cccc(F)c2)c2c1OCC2)c1c[nH]c2ccccc12. The number of ether oxygens (including phenoxy) is 1. The summed E-state index contributed by atoms with van der Waals surface area (Å²) in [5.74, 6) is 0.362. The van der Waals surface area contributed by atoms with Gasteiger partial charge in [-0.05, 0) is 23.8 Å². The van der Waals surface area contributed by atoms with Crippen LogP contribution in [0.25, 0.3) is 22.0 Å². The summed E-state index contributed by atoms with van der Waals surface area (Å²) < 4.78 is 19.4. The number of carbonyl (C=O) groups excluding carboxylic acids is 1. The molecule has 6 heteroatoms. The Balaban J connectivity index is 1.51. The molecule has 5 nitrogen and oxygen atoms in total. The van der Waals surface area contributed by atoms with E-state index in [1.165, 1.54) is 12.1 Å². The van der Waals surface area contributed by atoms with E-state index >= 15 is 0 Å². The molecule has 0 spiro atoms. The number of benzene rings is 2. The van der Waals surface area contributed by atoms with E-state index in [2.05, 4.69) is 15.3 Å². The van der Waals surface area contributed by atoms with Crippen molar-refractivity contribution in [2.45, 2.75) is 6.42 Å². The molecule has 2 N–H and O–H groups in total. The summed E-state index contributed by atoms with van der Waals surface area (Å²) in [5, 5.41) is 3.70. The van der Waals surface area contributed by atoms with E-state index in [1.54, 1.807) is 18.5 Å². The predicted molar refractivity (Wildman–Crippen MR) is 105 cm³/mol. The van der Waals surface area contributed by atoms with Gasteiger partial charge in [-0.3, -0.25) is 4.79 Å². The molecular formula is C22H16FN3O2. The number of nitrogens with zero attached hydrogens (tertiary/aromatic N) is 1. The van der Waals surface area contributed by atoms with Crippen LogP contribution in [0.3, 0.4) is 0 Å². The lowest BCUT2D eigenvalue weighted by Gasteiger charge is -2.12. The second-order valence-corrected chi connectivity index (χ2v) is 6.64. The fourth-order valence-corrected chi connectivity index (χ4v) is 3.62. The lowest BCUT2D eigenvalue weighted by molar-refractivity contribution is 0.102. The lowest BCUT2D eigenvalue weighted by Crippen LogP contribution is -2.13. The first-order chi connectivity index (χ1) is 13.7. The van der Waals surface area contributed by atoms with E-state index in [0.717, 1.165) is 27.6 Å². The summed E-state index contributed by atoms with van der Waals surface area (Å²) in [4.78, 5) is 20.3. The van der Waals surface area contributed by atoms with E-state index in [0.29, 0.717) is 30.2 Å². The molecule has 138 valence electrons. The minimum Gasteiger partial charge on any atom is -0.489 e. The average Bonchev–Trinajstić information content (AvgIpc) is 3.36. The zero-order chi connectivity index (χ0) is 19.1. The number of aromatic nitrogens is 2. The van der Waals surface area contributed by atoms with Gasteiger partial charge in [0.1, 0.15) is 5.82 Å². The van der Waals surface area contributed by atoms with Crippen molar-refractivity contribution in [3.05, 3.63) is 77.9 Å². The van der Waals surface area contributed by atoms with Crippen molar-refractivity contribution in [1.82, 2.24) is 9.97 Å². The van der Waals surface area contributed by atoms with Gasteiger partial charge in [0.2, 0.25) is 0 Å². The molecule has 1 aliphatic heterocycles. The van der Waals surface area contributed by atoms with E-state index in [1.807, 2.05) is 30.3 Å². The highest BCUT2D eigenvalue weighted by atomic mass is 19.1. The first kappa shape index (κ1) is 16.5. The van der Waals surface area contributed by atoms with Crippen molar-refractivity contribution >= 4 is 22.6 Å². The quantitative estimate of drug-likeness (QED) is 0.553. The topological polar surface area (TPSA) is 67.0 Å². The molecule has 1 aliphatic rings. The summed E-state index contributed by atoms with van der Waals surface area (Å²) >= 11 is 0. The summed E-state index contributed by atoms with van der Waals surface area (Å²) in [6.45, 7) is 0.499. The average molecular weight is 373 g/mol. The maximum Gasteiger partial charge on any atom is 0.259 e. The van der Waals surface area contributed by atoms with E-state index in [4.69, 9.17) is 4.74 Å². The number of anilines is 1. The predicted octanol–water partition coefficient (Wildman–Crippen LogP) is 4.56. The Morgan fingerprint density at radius 2 is 2.07 bits per heavy atom. The Kier molecular flexibility index (Phi) is 3.83. The van der Waals surface area contributed by atoms with Gasteiger partial charge in [0.05, 0.1) is 12.2 Å².